The van der Waals surface area contributed by atoms with Gasteiger partial charge in [-0.2, -0.15) is 0 Å². The number of halogens is 2. The molecule has 0 atom stereocenters. The quantitative estimate of drug-likeness (QED) is 0.328. The first kappa shape index (κ1) is 26.9. The summed E-state index contributed by atoms with van der Waals surface area (Å²) in [6, 6.07) is 6.47. The number of hydrogen-bond donors (Lipinski definition) is 1. The third-order valence-corrected chi connectivity index (χ3v) is 5.76. The Morgan fingerprint density at radius 2 is 1.55 bits per heavy atom. The highest BCUT2D eigenvalue weighted by Crippen LogP contribution is 2.17. The molecule has 33 heavy (non-hydrogen) atoms. The van der Waals surface area contributed by atoms with E-state index in [2.05, 4.69) is 20.1 Å². The van der Waals surface area contributed by atoms with Crippen molar-refractivity contribution in [2.45, 2.75) is 13.3 Å². The molecule has 0 saturated carbocycles. The largest absolute Gasteiger partial charge is 0.450 e. The summed E-state index contributed by atoms with van der Waals surface area (Å²) in [6.45, 7) is 7.94. The fourth-order valence-corrected chi connectivity index (χ4v) is 3.95. The van der Waals surface area contributed by atoms with Gasteiger partial charge in [-0.15, -0.1) is 24.0 Å². The highest BCUT2D eigenvalue weighted by molar-refractivity contribution is 14.0. The average Bonchev–Trinajstić information content (AvgIpc) is 2.82. The molecule has 0 bridgehead atoms. The van der Waals surface area contributed by atoms with Gasteiger partial charge in [0.2, 0.25) is 5.91 Å². The second-order valence-electron chi connectivity index (χ2n) is 7.74. The number of ether oxygens (including phenoxy) is 1. The Hall–Kier alpha value is -2.31. The van der Waals surface area contributed by atoms with Crippen LogP contribution in [0.2, 0.25) is 0 Å². The van der Waals surface area contributed by atoms with Gasteiger partial charge in [0, 0.05) is 78.1 Å². The van der Waals surface area contributed by atoms with E-state index >= 15 is 0 Å². The summed E-state index contributed by atoms with van der Waals surface area (Å²) < 4.78 is 18.2. The number of anilines is 1. The van der Waals surface area contributed by atoms with E-state index in [4.69, 9.17) is 4.74 Å². The Kier molecular flexibility index (Phi) is 10.9. The molecule has 0 unspecified atom stereocenters. The van der Waals surface area contributed by atoms with Crippen molar-refractivity contribution >= 4 is 47.6 Å². The summed E-state index contributed by atoms with van der Waals surface area (Å²) >= 11 is 0. The molecule has 1 N–H and O–H groups in total. The van der Waals surface area contributed by atoms with Crippen LogP contribution < -0.4 is 10.2 Å². The van der Waals surface area contributed by atoms with E-state index in [1.807, 2.05) is 4.90 Å². The van der Waals surface area contributed by atoms with Crippen LogP contribution in [-0.4, -0.2) is 105 Å². The van der Waals surface area contributed by atoms with Crippen molar-refractivity contribution in [3.63, 3.8) is 0 Å². The second-order valence-corrected chi connectivity index (χ2v) is 7.74. The lowest BCUT2D eigenvalue weighted by Gasteiger charge is -2.37. The van der Waals surface area contributed by atoms with E-state index in [0.717, 1.165) is 24.7 Å². The van der Waals surface area contributed by atoms with Crippen molar-refractivity contribution in [2.24, 2.45) is 4.99 Å². The summed E-state index contributed by atoms with van der Waals surface area (Å²) in [5.74, 6) is 0.604. The number of amides is 2. The maximum absolute atomic E-state index is 13.1. The van der Waals surface area contributed by atoms with Crippen molar-refractivity contribution in [1.29, 1.82) is 0 Å². The molecule has 184 valence electrons. The Morgan fingerprint density at radius 3 is 2.12 bits per heavy atom. The van der Waals surface area contributed by atoms with Crippen molar-refractivity contribution in [1.82, 2.24) is 20.0 Å². The Labute approximate surface area is 211 Å². The van der Waals surface area contributed by atoms with Gasteiger partial charge in [-0.05, 0) is 31.2 Å². The number of carbonyl (C=O) groups excluding carboxylic acids is 2. The van der Waals surface area contributed by atoms with Crippen LogP contribution >= 0.6 is 24.0 Å². The summed E-state index contributed by atoms with van der Waals surface area (Å²) in [5.41, 5.74) is 0.979. The van der Waals surface area contributed by atoms with Crippen LogP contribution in [0.5, 0.6) is 0 Å². The standard InChI is InChI=1S/C22H33FN6O3.HI/c1-3-32-22(31)29-16-14-28(15-17-29)21(24-2)25-9-8-20(30)27-12-10-26(11-13-27)19-6-4-18(23)5-7-19;/h4-7H,3,8-17H2,1-2H3,(H,24,25);1H. The van der Waals surface area contributed by atoms with Gasteiger partial charge < -0.3 is 29.7 Å². The van der Waals surface area contributed by atoms with E-state index < -0.39 is 0 Å². The number of carbonyl (C=O) groups is 2. The monoisotopic (exact) mass is 576 g/mol. The molecule has 1 aromatic rings. The zero-order chi connectivity index (χ0) is 22.9. The fourth-order valence-electron chi connectivity index (χ4n) is 3.95. The van der Waals surface area contributed by atoms with E-state index in [9.17, 15) is 14.0 Å². The maximum Gasteiger partial charge on any atom is 0.409 e. The Bertz CT molecular complexity index is 794. The number of aliphatic imine (C=N–C) groups is 1. The molecule has 2 amide bonds. The van der Waals surface area contributed by atoms with Gasteiger partial charge >= 0.3 is 6.09 Å². The first-order chi connectivity index (χ1) is 15.5. The molecule has 1 aromatic carbocycles. The first-order valence-corrected chi connectivity index (χ1v) is 11.2. The van der Waals surface area contributed by atoms with Gasteiger partial charge in [0.1, 0.15) is 5.82 Å². The number of benzene rings is 1. The zero-order valence-corrected chi connectivity index (χ0v) is 21.7. The molecule has 2 fully saturated rings. The highest BCUT2D eigenvalue weighted by atomic mass is 127. The maximum atomic E-state index is 13.1. The fraction of sp³-hybridized carbons (Fsp3) is 0.591. The predicted octanol–water partition coefficient (Wildman–Crippen LogP) is 1.83. The lowest BCUT2D eigenvalue weighted by molar-refractivity contribution is -0.131. The van der Waals surface area contributed by atoms with E-state index in [0.29, 0.717) is 58.8 Å². The minimum Gasteiger partial charge on any atom is -0.450 e. The average molecular weight is 576 g/mol. The van der Waals surface area contributed by atoms with Crippen molar-refractivity contribution < 1.29 is 18.7 Å². The normalized spacial score (nSPS) is 16.9. The van der Waals surface area contributed by atoms with Crippen LogP contribution in [-0.2, 0) is 9.53 Å². The third kappa shape index (κ3) is 7.61. The topological polar surface area (TPSA) is 80.7 Å². The van der Waals surface area contributed by atoms with Crippen LogP contribution in [0, 0.1) is 5.82 Å². The lowest BCUT2D eigenvalue weighted by Crippen LogP contribution is -2.54. The molecule has 0 aromatic heterocycles. The van der Waals surface area contributed by atoms with Crippen LogP contribution in [0.15, 0.2) is 29.3 Å². The van der Waals surface area contributed by atoms with Crippen LogP contribution in [0.3, 0.4) is 0 Å². The van der Waals surface area contributed by atoms with Gasteiger partial charge in [0.25, 0.3) is 0 Å². The zero-order valence-electron chi connectivity index (χ0n) is 19.3. The van der Waals surface area contributed by atoms with Gasteiger partial charge in [-0.1, -0.05) is 0 Å². The third-order valence-electron chi connectivity index (χ3n) is 5.76. The Morgan fingerprint density at radius 1 is 0.970 bits per heavy atom. The molecule has 0 spiro atoms. The predicted molar refractivity (Wildman–Crippen MR) is 137 cm³/mol. The van der Waals surface area contributed by atoms with Crippen LogP contribution in [0.1, 0.15) is 13.3 Å². The van der Waals surface area contributed by atoms with Crippen LogP contribution in [0.25, 0.3) is 0 Å². The van der Waals surface area contributed by atoms with E-state index in [1.54, 1.807) is 31.0 Å². The van der Waals surface area contributed by atoms with Gasteiger partial charge in [0.15, 0.2) is 5.96 Å². The summed E-state index contributed by atoms with van der Waals surface area (Å²) in [5, 5.41) is 3.27. The van der Waals surface area contributed by atoms with Gasteiger partial charge in [0.05, 0.1) is 6.61 Å². The number of piperazine rings is 2. The number of rotatable bonds is 5. The first-order valence-electron chi connectivity index (χ1n) is 11.2. The van der Waals surface area contributed by atoms with Gasteiger partial charge in [-0.3, -0.25) is 9.79 Å². The molecule has 2 aliphatic heterocycles. The van der Waals surface area contributed by atoms with E-state index in [-0.39, 0.29) is 41.8 Å². The molecule has 9 nitrogen and oxygen atoms in total. The smallest absolute Gasteiger partial charge is 0.409 e. The number of nitrogens with zero attached hydrogens (tertiary/aromatic N) is 5. The molecule has 2 saturated heterocycles. The molecule has 2 aliphatic rings. The molecular formula is C22H34FIN6O3. The number of hydrogen-bond acceptors (Lipinski definition) is 5. The minimum atomic E-state index is -0.278. The molecule has 11 heteroatoms. The molecule has 3 rings (SSSR count). The second kappa shape index (κ2) is 13.4. The van der Waals surface area contributed by atoms with E-state index in [1.165, 1.54) is 12.1 Å². The number of guanidine groups is 1. The lowest BCUT2D eigenvalue weighted by atomic mass is 10.2. The van der Waals surface area contributed by atoms with Crippen molar-refractivity contribution in [3.05, 3.63) is 30.1 Å². The minimum absolute atomic E-state index is 0. The summed E-state index contributed by atoms with van der Waals surface area (Å²) in [4.78, 5) is 36.6. The summed E-state index contributed by atoms with van der Waals surface area (Å²) in [7, 11) is 1.72. The number of nitrogens with one attached hydrogen (secondary N) is 1. The Balaban J connectivity index is 0.00000385. The molecule has 0 radical (unpaired) electrons. The highest BCUT2D eigenvalue weighted by Gasteiger charge is 2.24. The SMILES string of the molecule is CCOC(=O)N1CCN(C(=NC)NCCC(=O)N2CCN(c3ccc(F)cc3)CC2)CC1.I. The molecule has 0 aliphatic carbocycles. The summed E-state index contributed by atoms with van der Waals surface area (Å²) in [6.07, 6.45) is 0.110. The van der Waals surface area contributed by atoms with Gasteiger partial charge in [-0.25, -0.2) is 9.18 Å². The van der Waals surface area contributed by atoms with Crippen molar-refractivity contribution in [2.75, 3.05) is 77.5 Å². The molecule has 2 heterocycles. The molecular weight excluding hydrogens is 542 g/mol. The van der Waals surface area contributed by atoms with Crippen LogP contribution in [0.4, 0.5) is 14.9 Å². The van der Waals surface area contributed by atoms with Crippen molar-refractivity contribution in [3.8, 4) is 0 Å².